The van der Waals surface area contributed by atoms with Crippen LogP contribution in [0.1, 0.15) is 17.5 Å². The van der Waals surface area contributed by atoms with Gasteiger partial charge >= 0.3 is 6.18 Å². The van der Waals surface area contributed by atoms with Gasteiger partial charge < -0.3 is 0 Å². The maximum atomic E-state index is 12.2. The molecule has 0 amide bonds. The molecule has 0 fully saturated rings. The molecule has 1 N–H and O–H groups in total. The summed E-state index contributed by atoms with van der Waals surface area (Å²) in [6.45, 7) is -1.12. The fourth-order valence-electron chi connectivity index (χ4n) is 2.29. The smallest absolute Gasteiger partial charge is 0.291 e. The molecule has 1 aliphatic rings. The van der Waals surface area contributed by atoms with Crippen molar-refractivity contribution in [1.29, 1.82) is 5.26 Å². The van der Waals surface area contributed by atoms with Gasteiger partial charge in [-0.3, -0.25) is 5.32 Å². The summed E-state index contributed by atoms with van der Waals surface area (Å²) >= 11 is 0. The van der Waals surface area contributed by atoms with Gasteiger partial charge in [0.25, 0.3) is 0 Å². The Morgan fingerprint density at radius 2 is 1.94 bits per heavy atom. The van der Waals surface area contributed by atoms with Gasteiger partial charge in [0.2, 0.25) is 0 Å². The van der Waals surface area contributed by atoms with Crippen molar-refractivity contribution in [3.05, 3.63) is 35.4 Å². The van der Waals surface area contributed by atoms with Crippen molar-refractivity contribution in [2.75, 3.05) is 6.54 Å². The zero-order chi connectivity index (χ0) is 13.2. The Bertz CT molecular complexity index is 476. The fraction of sp³-hybridized carbons (Fsp3) is 0.462. The molecule has 0 spiro atoms. The first kappa shape index (κ1) is 12.9. The normalized spacial score (nSPS) is 23.2. The predicted molar refractivity (Wildman–Crippen MR) is 60.9 cm³/mol. The maximum absolute atomic E-state index is 12.2. The van der Waals surface area contributed by atoms with E-state index < -0.39 is 18.3 Å². The molecular weight excluding hydrogens is 241 g/mol. The number of hydrogen-bond donors (Lipinski definition) is 1. The number of benzene rings is 1. The number of rotatable bonds is 2. The summed E-state index contributed by atoms with van der Waals surface area (Å²) in [6.07, 6.45) is -2.91. The first-order valence-electron chi connectivity index (χ1n) is 5.74. The van der Waals surface area contributed by atoms with Crippen LogP contribution >= 0.6 is 0 Å². The Morgan fingerprint density at radius 1 is 1.28 bits per heavy atom. The second kappa shape index (κ2) is 4.62. The van der Waals surface area contributed by atoms with Crippen LogP contribution in [-0.2, 0) is 12.8 Å². The summed E-state index contributed by atoms with van der Waals surface area (Å²) in [5.41, 5.74) is 0.987. The number of fused-ring (bicyclic) bond motifs is 1. The molecule has 0 bridgehead atoms. The average molecular weight is 254 g/mol. The van der Waals surface area contributed by atoms with E-state index in [0.717, 1.165) is 11.1 Å². The van der Waals surface area contributed by atoms with Crippen LogP contribution in [0.5, 0.6) is 0 Å². The molecule has 0 saturated heterocycles. The lowest BCUT2D eigenvalue weighted by atomic mass is 9.79. The van der Waals surface area contributed by atoms with Crippen LogP contribution in [0.4, 0.5) is 13.2 Å². The summed E-state index contributed by atoms with van der Waals surface area (Å²) in [6, 6.07) is 9.60. The lowest BCUT2D eigenvalue weighted by molar-refractivity contribution is -0.127. The molecule has 18 heavy (non-hydrogen) atoms. The third-order valence-electron chi connectivity index (χ3n) is 3.27. The summed E-state index contributed by atoms with van der Waals surface area (Å²) < 4.78 is 36.7. The van der Waals surface area contributed by atoms with Gasteiger partial charge in [-0.15, -0.1) is 0 Å². The summed E-state index contributed by atoms with van der Waals surface area (Å²) in [5.74, 6) is 0. The molecule has 0 heterocycles. The minimum atomic E-state index is -4.29. The van der Waals surface area contributed by atoms with Crippen molar-refractivity contribution in [1.82, 2.24) is 5.32 Å². The van der Waals surface area contributed by atoms with E-state index >= 15 is 0 Å². The lowest BCUT2D eigenvalue weighted by Gasteiger charge is -2.33. The molecule has 1 atom stereocenters. The standard InChI is InChI=1S/C13H13F3N2/c14-13(15,16)9-18-12(8-17)6-5-10-3-1-2-4-11(10)7-12/h1-4,18H,5-7,9H2. The highest BCUT2D eigenvalue weighted by molar-refractivity contribution is 5.34. The van der Waals surface area contributed by atoms with Crippen LogP contribution in [0.3, 0.4) is 0 Å². The van der Waals surface area contributed by atoms with Gasteiger partial charge in [0, 0.05) is 6.42 Å². The third kappa shape index (κ3) is 2.82. The van der Waals surface area contributed by atoms with Gasteiger partial charge in [0.1, 0.15) is 5.54 Å². The predicted octanol–water partition coefficient (Wildman–Crippen LogP) is 2.59. The van der Waals surface area contributed by atoms with Crippen molar-refractivity contribution in [3.63, 3.8) is 0 Å². The maximum Gasteiger partial charge on any atom is 0.401 e. The monoisotopic (exact) mass is 254 g/mol. The molecule has 5 heteroatoms. The molecule has 1 aromatic carbocycles. The Morgan fingerprint density at radius 3 is 2.56 bits per heavy atom. The van der Waals surface area contributed by atoms with Crippen molar-refractivity contribution >= 4 is 0 Å². The highest BCUT2D eigenvalue weighted by Crippen LogP contribution is 2.29. The molecule has 0 saturated carbocycles. The summed E-state index contributed by atoms with van der Waals surface area (Å²) in [5, 5.41) is 11.6. The average Bonchev–Trinajstić information content (AvgIpc) is 2.35. The molecule has 2 rings (SSSR count). The van der Waals surface area contributed by atoms with E-state index in [2.05, 4.69) is 5.32 Å². The van der Waals surface area contributed by atoms with Gasteiger partial charge in [0.05, 0.1) is 12.6 Å². The number of nitrogens with zero attached hydrogens (tertiary/aromatic N) is 1. The van der Waals surface area contributed by atoms with Crippen LogP contribution in [0.25, 0.3) is 0 Å². The van der Waals surface area contributed by atoms with Crippen molar-refractivity contribution in [3.8, 4) is 6.07 Å². The fourth-order valence-corrected chi connectivity index (χ4v) is 2.29. The van der Waals surface area contributed by atoms with Crippen LogP contribution < -0.4 is 5.32 Å². The molecule has 1 unspecified atom stereocenters. The Kier molecular flexibility index (Phi) is 3.31. The van der Waals surface area contributed by atoms with E-state index in [1.54, 1.807) is 0 Å². The zero-order valence-corrected chi connectivity index (χ0v) is 9.72. The quantitative estimate of drug-likeness (QED) is 0.880. The minimum absolute atomic E-state index is 0.329. The number of halogens is 3. The topological polar surface area (TPSA) is 35.8 Å². The van der Waals surface area contributed by atoms with Gasteiger partial charge in [-0.1, -0.05) is 24.3 Å². The summed E-state index contributed by atoms with van der Waals surface area (Å²) in [4.78, 5) is 0. The lowest BCUT2D eigenvalue weighted by Crippen LogP contribution is -2.51. The second-order valence-electron chi connectivity index (χ2n) is 4.61. The van der Waals surface area contributed by atoms with E-state index in [4.69, 9.17) is 0 Å². The van der Waals surface area contributed by atoms with Gasteiger partial charge in [-0.05, 0) is 24.0 Å². The van der Waals surface area contributed by atoms with Crippen molar-refractivity contribution in [2.45, 2.75) is 31.0 Å². The van der Waals surface area contributed by atoms with E-state index in [0.29, 0.717) is 19.3 Å². The van der Waals surface area contributed by atoms with Crippen LogP contribution in [0.2, 0.25) is 0 Å². The van der Waals surface area contributed by atoms with Crippen LogP contribution in [0.15, 0.2) is 24.3 Å². The third-order valence-corrected chi connectivity index (χ3v) is 3.27. The van der Waals surface area contributed by atoms with E-state index in [-0.39, 0.29) is 0 Å². The molecule has 96 valence electrons. The van der Waals surface area contributed by atoms with Gasteiger partial charge in [-0.2, -0.15) is 18.4 Å². The van der Waals surface area contributed by atoms with Gasteiger partial charge in [-0.25, -0.2) is 0 Å². The van der Waals surface area contributed by atoms with Gasteiger partial charge in [0.15, 0.2) is 0 Å². The number of alkyl halides is 3. The molecule has 2 nitrogen and oxygen atoms in total. The SMILES string of the molecule is N#CC1(NCC(F)(F)F)CCc2ccccc2C1. The zero-order valence-electron chi connectivity index (χ0n) is 9.72. The Balaban J connectivity index is 2.15. The van der Waals surface area contributed by atoms with Crippen LogP contribution in [-0.4, -0.2) is 18.3 Å². The molecule has 0 aromatic heterocycles. The highest BCUT2D eigenvalue weighted by atomic mass is 19.4. The first-order chi connectivity index (χ1) is 8.44. The molecule has 0 aliphatic heterocycles. The highest BCUT2D eigenvalue weighted by Gasteiger charge is 2.38. The molecular formula is C13H13F3N2. The number of hydrogen-bond acceptors (Lipinski definition) is 2. The minimum Gasteiger partial charge on any atom is -0.291 e. The number of nitrogens with one attached hydrogen (secondary N) is 1. The second-order valence-corrected chi connectivity index (χ2v) is 4.61. The van der Waals surface area contributed by atoms with E-state index in [1.165, 1.54) is 0 Å². The molecule has 1 aliphatic carbocycles. The molecule has 1 aromatic rings. The Labute approximate surface area is 103 Å². The number of nitriles is 1. The van der Waals surface area contributed by atoms with Crippen molar-refractivity contribution < 1.29 is 13.2 Å². The Hall–Kier alpha value is -1.54. The van der Waals surface area contributed by atoms with E-state index in [1.807, 2.05) is 30.3 Å². The molecule has 0 radical (unpaired) electrons. The summed E-state index contributed by atoms with van der Waals surface area (Å²) in [7, 11) is 0. The number of aryl methyl sites for hydroxylation is 1. The van der Waals surface area contributed by atoms with Crippen LogP contribution in [0, 0.1) is 11.3 Å². The van der Waals surface area contributed by atoms with E-state index in [9.17, 15) is 18.4 Å². The van der Waals surface area contributed by atoms with Crippen molar-refractivity contribution in [2.24, 2.45) is 0 Å². The largest absolute Gasteiger partial charge is 0.401 e. The first-order valence-corrected chi connectivity index (χ1v) is 5.74.